The second kappa shape index (κ2) is 9.20. The van der Waals surface area contributed by atoms with E-state index >= 15 is 0 Å². The van der Waals surface area contributed by atoms with Crippen molar-refractivity contribution < 1.29 is 18.5 Å². The van der Waals surface area contributed by atoms with E-state index in [4.69, 9.17) is 16.3 Å². The van der Waals surface area contributed by atoms with Crippen LogP contribution in [-0.2, 0) is 20.5 Å². The number of amides is 2. The average molecular weight is 389 g/mol. The molecule has 8 heteroatoms. The van der Waals surface area contributed by atoms with Gasteiger partial charge in [-0.25, -0.2) is 9.00 Å². The normalized spacial score (nSPS) is 13.9. The van der Waals surface area contributed by atoms with E-state index in [9.17, 15) is 13.8 Å². The molecule has 0 fully saturated rings. The molecule has 2 unspecified atom stereocenters. The summed E-state index contributed by atoms with van der Waals surface area (Å²) in [5, 5.41) is 2.96. The second-order valence-corrected chi connectivity index (χ2v) is 8.67. The Morgan fingerprint density at radius 3 is 2.44 bits per heavy atom. The maximum atomic E-state index is 12.4. The number of carbonyl (C=O) groups excluding carboxylic acids is 2. The monoisotopic (exact) mass is 388 g/mol. The molecular formula is C17H25ClN2O4S. The summed E-state index contributed by atoms with van der Waals surface area (Å²) >= 11 is 5.87. The summed E-state index contributed by atoms with van der Waals surface area (Å²) < 4.78 is 19.9. The number of halogens is 1. The van der Waals surface area contributed by atoms with Gasteiger partial charge in [0.1, 0.15) is 11.6 Å². The summed E-state index contributed by atoms with van der Waals surface area (Å²) in [5.74, 6) is -0.400. The molecule has 0 aromatic heterocycles. The third-order valence-corrected chi connectivity index (χ3v) is 4.22. The van der Waals surface area contributed by atoms with E-state index in [1.165, 1.54) is 6.07 Å². The molecule has 2 N–H and O–H groups in total. The van der Waals surface area contributed by atoms with Gasteiger partial charge in [-0.3, -0.25) is 9.52 Å². The minimum absolute atomic E-state index is 0.144. The number of nitrogens with one attached hydrogen (secondary N) is 2. The van der Waals surface area contributed by atoms with Crippen molar-refractivity contribution in [2.45, 2.75) is 57.6 Å². The van der Waals surface area contributed by atoms with E-state index in [1.54, 1.807) is 39.0 Å². The Labute approximate surface area is 156 Å². The Hall–Kier alpha value is -1.60. The average Bonchev–Trinajstić information content (AvgIpc) is 2.43. The van der Waals surface area contributed by atoms with Gasteiger partial charge in [0.2, 0.25) is 0 Å². The molecule has 0 aliphatic heterocycles. The van der Waals surface area contributed by atoms with Crippen molar-refractivity contribution in [1.29, 1.82) is 0 Å². The largest absolute Gasteiger partial charge is 0.444 e. The van der Waals surface area contributed by atoms with Gasteiger partial charge in [-0.05, 0) is 51.3 Å². The summed E-state index contributed by atoms with van der Waals surface area (Å²) in [7, 11) is -1.77. The summed E-state index contributed by atoms with van der Waals surface area (Å²) in [6.45, 7) is 9.05. The molecular weight excluding hydrogens is 364 g/mol. The standard InChI is InChI=1S/C17H25ClN2O4S/c1-11(2)9-14(19-16(22)24-17(3,4)5)15(21)20-25(23)13-8-6-7-12(18)10-13/h6-8,10-11,14H,9H2,1-5H3,(H,19,22)(H,20,21). The fourth-order valence-electron chi connectivity index (χ4n) is 1.96. The van der Waals surface area contributed by atoms with Crippen LogP contribution >= 0.6 is 11.6 Å². The van der Waals surface area contributed by atoms with Crippen molar-refractivity contribution in [2.75, 3.05) is 0 Å². The van der Waals surface area contributed by atoms with Crippen LogP contribution in [0.25, 0.3) is 0 Å². The van der Waals surface area contributed by atoms with E-state index in [0.717, 1.165) is 0 Å². The summed E-state index contributed by atoms with van der Waals surface area (Å²) in [5.41, 5.74) is -0.674. The minimum atomic E-state index is -1.77. The lowest BCUT2D eigenvalue weighted by Gasteiger charge is -2.24. The van der Waals surface area contributed by atoms with Gasteiger partial charge >= 0.3 is 6.09 Å². The highest BCUT2D eigenvalue weighted by molar-refractivity contribution is 7.83. The van der Waals surface area contributed by atoms with Gasteiger partial charge in [0.05, 0.1) is 4.90 Å². The molecule has 0 bridgehead atoms. The fraction of sp³-hybridized carbons (Fsp3) is 0.529. The molecule has 0 saturated heterocycles. The lowest BCUT2D eigenvalue weighted by atomic mass is 10.0. The summed E-state index contributed by atoms with van der Waals surface area (Å²) in [4.78, 5) is 24.8. The number of hydrogen-bond donors (Lipinski definition) is 2. The van der Waals surface area contributed by atoms with Crippen LogP contribution in [-0.4, -0.2) is 27.9 Å². The smallest absolute Gasteiger partial charge is 0.408 e. The number of alkyl carbamates (subject to hydrolysis) is 1. The van der Waals surface area contributed by atoms with E-state index in [1.807, 2.05) is 13.8 Å². The number of ether oxygens (including phenoxy) is 1. The van der Waals surface area contributed by atoms with E-state index < -0.39 is 34.6 Å². The van der Waals surface area contributed by atoms with Gasteiger partial charge in [0.15, 0.2) is 11.0 Å². The molecule has 0 spiro atoms. The molecule has 1 aromatic carbocycles. The molecule has 1 rings (SSSR count). The van der Waals surface area contributed by atoms with Crippen LogP contribution in [0.3, 0.4) is 0 Å². The number of benzene rings is 1. The Morgan fingerprint density at radius 2 is 1.92 bits per heavy atom. The topological polar surface area (TPSA) is 84.5 Å². The summed E-state index contributed by atoms with van der Waals surface area (Å²) in [6, 6.07) is 5.55. The first kappa shape index (κ1) is 21.4. The maximum Gasteiger partial charge on any atom is 0.408 e. The van der Waals surface area contributed by atoms with Crippen LogP contribution in [0, 0.1) is 5.92 Å². The highest BCUT2D eigenvalue weighted by Gasteiger charge is 2.26. The molecule has 0 saturated carbocycles. The molecule has 0 radical (unpaired) electrons. The van der Waals surface area contributed by atoms with Crippen LogP contribution in [0.15, 0.2) is 29.2 Å². The maximum absolute atomic E-state index is 12.4. The van der Waals surface area contributed by atoms with Crippen LogP contribution in [0.4, 0.5) is 4.79 Å². The summed E-state index contributed by atoms with van der Waals surface area (Å²) in [6.07, 6.45) is -0.306. The van der Waals surface area contributed by atoms with E-state index in [2.05, 4.69) is 10.0 Å². The van der Waals surface area contributed by atoms with Crippen molar-refractivity contribution in [2.24, 2.45) is 5.92 Å². The lowest BCUT2D eigenvalue weighted by molar-refractivity contribution is -0.121. The molecule has 2 atom stereocenters. The quantitative estimate of drug-likeness (QED) is 0.781. The van der Waals surface area contributed by atoms with Crippen molar-refractivity contribution in [3.8, 4) is 0 Å². The van der Waals surface area contributed by atoms with Gasteiger partial charge in [-0.15, -0.1) is 0 Å². The first-order valence-electron chi connectivity index (χ1n) is 7.95. The van der Waals surface area contributed by atoms with E-state index in [0.29, 0.717) is 16.3 Å². The SMILES string of the molecule is CC(C)CC(NC(=O)OC(C)(C)C)C(=O)NS(=O)c1cccc(Cl)c1. The Morgan fingerprint density at radius 1 is 1.28 bits per heavy atom. The first-order chi connectivity index (χ1) is 11.5. The third kappa shape index (κ3) is 8.36. The number of rotatable bonds is 6. The van der Waals surface area contributed by atoms with Crippen LogP contribution in [0.2, 0.25) is 5.02 Å². The molecule has 0 aliphatic rings. The van der Waals surface area contributed by atoms with Crippen molar-refractivity contribution in [1.82, 2.24) is 10.0 Å². The molecule has 6 nitrogen and oxygen atoms in total. The molecule has 0 heterocycles. The van der Waals surface area contributed by atoms with Crippen molar-refractivity contribution in [3.63, 3.8) is 0 Å². The van der Waals surface area contributed by atoms with E-state index in [-0.39, 0.29) is 5.92 Å². The zero-order valence-electron chi connectivity index (χ0n) is 15.1. The Kier molecular flexibility index (Phi) is 7.89. The van der Waals surface area contributed by atoms with Gasteiger partial charge < -0.3 is 10.1 Å². The Balaban J connectivity index is 2.79. The molecule has 140 valence electrons. The van der Waals surface area contributed by atoms with Gasteiger partial charge in [-0.1, -0.05) is 31.5 Å². The fourth-order valence-corrected chi connectivity index (χ4v) is 3.09. The molecule has 0 aliphatic carbocycles. The highest BCUT2D eigenvalue weighted by atomic mass is 35.5. The minimum Gasteiger partial charge on any atom is -0.444 e. The van der Waals surface area contributed by atoms with Gasteiger partial charge in [-0.2, -0.15) is 0 Å². The molecule has 25 heavy (non-hydrogen) atoms. The molecule has 1 aromatic rings. The van der Waals surface area contributed by atoms with Crippen molar-refractivity contribution in [3.05, 3.63) is 29.3 Å². The second-order valence-electron chi connectivity index (χ2n) is 7.02. The van der Waals surface area contributed by atoms with Crippen LogP contribution in [0.5, 0.6) is 0 Å². The van der Waals surface area contributed by atoms with Crippen LogP contribution < -0.4 is 10.0 Å². The Bertz CT molecular complexity index is 644. The van der Waals surface area contributed by atoms with Crippen LogP contribution in [0.1, 0.15) is 41.0 Å². The van der Waals surface area contributed by atoms with Crippen molar-refractivity contribution >= 4 is 34.6 Å². The zero-order chi connectivity index (χ0) is 19.2. The zero-order valence-corrected chi connectivity index (χ0v) is 16.7. The first-order valence-corrected chi connectivity index (χ1v) is 9.48. The number of carbonyl (C=O) groups is 2. The van der Waals surface area contributed by atoms with Gasteiger partial charge in [0, 0.05) is 5.02 Å². The number of hydrogen-bond acceptors (Lipinski definition) is 4. The highest BCUT2D eigenvalue weighted by Crippen LogP contribution is 2.14. The predicted molar refractivity (Wildman–Crippen MR) is 98.6 cm³/mol. The molecule has 2 amide bonds. The predicted octanol–water partition coefficient (Wildman–Crippen LogP) is 3.42. The third-order valence-electron chi connectivity index (χ3n) is 2.92. The van der Waals surface area contributed by atoms with Gasteiger partial charge in [0.25, 0.3) is 5.91 Å². The lowest BCUT2D eigenvalue weighted by Crippen LogP contribution is -2.49.